The van der Waals surface area contributed by atoms with Gasteiger partial charge < -0.3 is 19.3 Å². The molecule has 26 heavy (non-hydrogen) atoms. The van der Waals surface area contributed by atoms with Crippen molar-refractivity contribution in [3.05, 3.63) is 65.8 Å². The Morgan fingerprint density at radius 2 is 1.73 bits per heavy atom. The van der Waals surface area contributed by atoms with Gasteiger partial charge in [0.15, 0.2) is 28.8 Å². The molecule has 0 spiro atoms. The molecule has 5 heteroatoms. The first kappa shape index (κ1) is 19.1. The van der Waals surface area contributed by atoms with Gasteiger partial charge in [0.05, 0.1) is 26.9 Å². The van der Waals surface area contributed by atoms with Crippen LogP contribution < -0.4 is 14.2 Å². The lowest BCUT2D eigenvalue weighted by Crippen LogP contribution is -1.99. The van der Waals surface area contributed by atoms with Crippen molar-refractivity contribution in [2.24, 2.45) is 0 Å². The normalized spacial score (nSPS) is 10.6. The number of phenols is 1. The number of ketones is 1. The molecule has 0 unspecified atom stereocenters. The van der Waals surface area contributed by atoms with Gasteiger partial charge in [0.2, 0.25) is 0 Å². The smallest absolute Gasteiger partial charge is 0.189 e. The first-order chi connectivity index (χ1) is 12.5. The number of carbonyl (C=O) groups is 1. The summed E-state index contributed by atoms with van der Waals surface area (Å²) >= 11 is 0. The van der Waals surface area contributed by atoms with E-state index < -0.39 is 0 Å². The zero-order chi connectivity index (χ0) is 19.1. The van der Waals surface area contributed by atoms with Crippen molar-refractivity contribution >= 4 is 11.9 Å². The molecule has 1 N–H and O–H groups in total. The molecule has 0 radical (unpaired) electrons. The van der Waals surface area contributed by atoms with Gasteiger partial charge in [-0.3, -0.25) is 4.79 Å². The molecule has 0 bridgehead atoms. The van der Waals surface area contributed by atoms with Gasteiger partial charge in [0.1, 0.15) is 0 Å². The quantitative estimate of drug-likeness (QED) is 0.440. The average molecular weight is 354 g/mol. The van der Waals surface area contributed by atoms with Gasteiger partial charge >= 0.3 is 0 Å². The monoisotopic (exact) mass is 354 g/mol. The molecule has 2 aromatic carbocycles. The first-order valence-corrected chi connectivity index (χ1v) is 7.99. The number of rotatable bonds is 8. The summed E-state index contributed by atoms with van der Waals surface area (Å²) in [4.78, 5) is 12.6. The number of phenolic OH excluding ortho intramolecular Hbond substituents is 1. The van der Waals surface area contributed by atoms with Crippen molar-refractivity contribution in [3.8, 4) is 23.0 Å². The second-order valence-corrected chi connectivity index (χ2v) is 5.50. The Balaban J connectivity index is 2.33. The highest BCUT2D eigenvalue weighted by Crippen LogP contribution is 2.33. The molecule has 0 saturated carbocycles. The molecule has 0 atom stereocenters. The topological polar surface area (TPSA) is 65.0 Å². The molecule has 0 aliphatic heterocycles. The summed E-state index contributed by atoms with van der Waals surface area (Å²) in [7, 11) is 4.55. The fraction of sp³-hybridized carbons (Fsp3) is 0.190. The van der Waals surface area contributed by atoms with E-state index in [-0.39, 0.29) is 22.8 Å². The summed E-state index contributed by atoms with van der Waals surface area (Å²) in [5.74, 6) is 0.922. The molecule has 2 rings (SSSR count). The van der Waals surface area contributed by atoms with Gasteiger partial charge in [-0.25, -0.2) is 0 Å². The Morgan fingerprint density at radius 1 is 1.04 bits per heavy atom. The van der Waals surface area contributed by atoms with Crippen molar-refractivity contribution < 1.29 is 24.1 Å². The van der Waals surface area contributed by atoms with Crippen LogP contribution in [0, 0.1) is 0 Å². The zero-order valence-corrected chi connectivity index (χ0v) is 15.1. The highest BCUT2D eigenvalue weighted by molar-refractivity contribution is 6.09. The number of methoxy groups -OCH3 is 3. The summed E-state index contributed by atoms with van der Waals surface area (Å²) in [6, 6.07) is 8.65. The molecule has 0 saturated heterocycles. The number of allylic oxidation sites excluding steroid dienone is 2. The van der Waals surface area contributed by atoms with E-state index in [1.807, 2.05) is 0 Å². The number of carbonyl (C=O) groups excluding carboxylic acids is 1. The predicted octanol–water partition coefficient (Wildman–Crippen LogP) is 4.04. The van der Waals surface area contributed by atoms with E-state index >= 15 is 0 Å². The fourth-order valence-corrected chi connectivity index (χ4v) is 2.51. The first-order valence-electron chi connectivity index (χ1n) is 7.99. The SMILES string of the molecule is C=CCc1cc(OC)c(O)c(C(=O)/C=C/c2ccc(OC)c(OC)c2)c1. The van der Waals surface area contributed by atoms with Gasteiger partial charge in [0, 0.05) is 0 Å². The Kier molecular flexibility index (Phi) is 6.44. The van der Waals surface area contributed by atoms with Crippen LogP contribution in [0.2, 0.25) is 0 Å². The lowest BCUT2D eigenvalue weighted by molar-refractivity contribution is 0.104. The molecule has 0 amide bonds. The van der Waals surface area contributed by atoms with Gasteiger partial charge in [-0.05, 0) is 47.9 Å². The van der Waals surface area contributed by atoms with E-state index in [1.165, 1.54) is 13.2 Å². The Labute approximate surface area is 153 Å². The minimum Gasteiger partial charge on any atom is -0.504 e. The van der Waals surface area contributed by atoms with Crippen LogP contribution in [0.15, 0.2) is 49.1 Å². The molecule has 0 heterocycles. The molecule has 0 aromatic heterocycles. The molecular weight excluding hydrogens is 332 g/mol. The lowest BCUT2D eigenvalue weighted by atomic mass is 10.0. The number of benzene rings is 2. The second kappa shape index (κ2) is 8.76. The molecule has 2 aromatic rings. The molecule has 0 aliphatic carbocycles. The minimum absolute atomic E-state index is 0.178. The highest BCUT2D eigenvalue weighted by atomic mass is 16.5. The number of hydrogen-bond donors (Lipinski definition) is 1. The molecular formula is C21H22O5. The second-order valence-electron chi connectivity index (χ2n) is 5.50. The maximum Gasteiger partial charge on any atom is 0.189 e. The predicted molar refractivity (Wildman–Crippen MR) is 101 cm³/mol. The lowest BCUT2D eigenvalue weighted by Gasteiger charge is -2.10. The third-order valence-corrected chi connectivity index (χ3v) is 3.83. The van der Waals surface area contributed by atoms with Crippen LogP contribution in [0.5, 0.6) is 23.0 Å². The summed E-state index contributed by atoms with van der Waals surface area (Å²) in [5, 5.41) is 10.3. The zero-order valence-electron chi connectivity index (χ0n) is 15.1. The number of hydrogen-bond acceptors (Lipinski definition) is 5. The summed E-state index contributed by atoms with van der Waals surface area (Å²) in [6.07, 6.45) is 5.33. The van der Waals surface area contributed by atoms with Crippen LogP contribution in [0.4, 0.5) is 0 Å². The third kappa shape index (κ3) is 4.25. The summed E-state index contributed by atoms with van der Waals surface area (Å²) < 4.78 is 15.6. The molecule has 0 fully saturated rings. The van der Waals surface area contributed by atoms with Crippen molar-refractivity contribution in [3.63, 3.8) is 0 Å². The maximum atomic E-state index is 12.6. The van der Waals surface area contributed by atoms with Gasteiger partial charge in [-0.1, -0.05) is 18.2 Å². The molecule has 5 nitrogen and oxygen atoms in total. The van der Waals surface area contributed by atoms with Crippen LogP contribution in [-0.2, 0) is 6.42 Å². The average Bonchev–Trinajstić information content (AvgIpc) is 2.67. The third-order valence-electron chi connectivity index (χ3n) is 3.83. The number of ether oxygens (including phenoxy) is 3. The minimum atomic E-state index is -0.332. The van der Waals surface area contributed by atoms with Crippen LogP contribution in [0.3, 0.4) is 0 Å². The molecule has 0 aliphatic rings. The van der Waals surface area contributed by atoms with Gasteiger partial charge in [-0.15, -0.1) is 6.58 Å². The number of aromatic hydroxyl groups is 1. The summed E-state index contributed by atoms with van der Waals surface area (Å²) in [5.41, 5.74) is 1.78. The van der Waals surface area contributed by atoms with Crippen molar-refractivity contribution in [1.29, 1.82) is 0 Å². The van der Waals surface area contributed by atoms with Crippen LogP contribution >= 0.6 is 0 Å². The van der Waals surface area contributed by atoms with E-state index in [0.29, 0.717) is 17.9 Å². The Bertz CT molecular complexity index is 837. The Hall–Kier alpha value is -3.21. The van der Waals surface area contributed by atoms with Crippen molar-refractivity contribution in [1.82, 2.24) is 0 Å². The summed E-state index contributed by atoms with van der Waals surface area (Å²) in [6.45, 7) is 3.69. The maximum absolute atomic E-state index is 12.6. The van der Waals surface area contributed by atoms with Crippen LogP contribution in [-0.4, -0.2) is 32.2 Å². The van der Waals surface area contributed by atoms with E-state index in [1.54, 1.807) is 56.7 Å². The van der Waals surface area contributed by atoms with Gasteiger partial charge in [0.25, 0.3) is 0 Å². The van der Waals surface area contributed by atoms with E-state index in [4.69, 9.17) is 14.2 Å². The van der Waals surface area contributed by atoms with Crippen molar-refractivity contribution in [2.45, 2.75) is 6.42 Å². The van der Waals surface area contributed by atoms with Crippen molar-refractivity contribution in [2.75, 3.05) is 21.3 Å². The van der Waals surface area contributed by atoms with E-state index in [2.05, 4.69) is 6.58 Å². The van der Waals surface area contributed by atoms with Crippen LogP contribution in [0.25, 0.3) is 6.08 Å². The van der Waals surface area contributed by atoms with Gasteiger partial charge in [-0.2, -0.15) is 0 Å². The van der Waals surface area contributed by atoms with Crippen LogP contribution in [0.1, 0.15) is 21.5 Å². The fourth-order valence-electron chi connectivity index (χ4n) is 2.51. The highest BCUT2D eigenvalue weighted by Gasteiger charge is 2.15. The Morgan fingerprint density at radius 3 is 2.35 bits per heavy atom. The molecule has 136 valence electrons. The largest absolute Gasteiger partial charge is 0.504 e. The standard InChI is InChI=1S/C21H22O5/c1-5-6-15-11-16(21(23)20(13-15)26-4)17(22)9-7-14-8-10-18(24-2)19(12-14)25-3/h5,7-13,23H,1,6H2,2-4H3/b9-7+. The van der Waals surface area contributed by atoms with E-state index in [9.17, 15) is 9.90 Å². The van der Waals surface area contributed by atoms with E-state index in [0.717, 1.165) is 11.1 Å².